The molecule has 1 fully saturated rings. The van der Waals surface area contributed by atoms with E-state index < -0.39 is 0 Å². The second-order valence-electron chi connectivity index (χ2n) is 12.4. The second kappa shape index (κ2) is 18.9. The average molecular weight is 549 g/mol. The fourth-order valence-corrected chi connectivity index (χ4v) is 5.96. The van der Waals surface area contributed by atoms with Gasteiger partial charge in [-0.2, -0.15) is 0 Å². The monoisotopic (exact) mass is 548 g/mol. The number of esters is 1. The maximum atomic E-state index is 12.6. The summed E-state index contributed by atoms with van der Waals surface area (Å²) in [6.45, 7) is 7.59. The summed E-state index contributed by atoms with van der Waals surface area (Å²) in [5.41, 5.74) is 1.88. The number of ether oxygens (including phenoxy) is 2. The minimum absolute atomic E-state index is 0.327. The van der Waals surface area contributed by atoms with Crippen molar-refractivity contribution >= 4 is 5.97 Å². The van der Waals surface area contributed by atoms with Crippen LogP contribution in [-0.4, -0.2) is 12.6 Å². The lowest BCUT2D eigenvalue weighted by Crippen LogP contribution is -2.15. The van der Waals surface area contributed by atoms with E-state index in [1.54, 1.807) is 12.1 Å². The fraction of sp³-hybridized carbons (Fsp3) is 0.649. The van der Waals surface area contributed by atoms with Crippen molar-refractivity contribution in [2.24, 2.45) is 17.8 Å². The molecule has 2 aromatic rings. The van der Waals surface area contributed by atoms with Gasteiger partial charge in [0, 0.05) is 0 Å². The molecule has 0 heterocycles. The van der Waals surface area contributed by atoms with Crippen molar-refractivity contribution in [2.75, 3.05) is 6.61 Å². The third-order valence-electron chi connectivity index (χ3n) is 9.05. The molecule has 1 saturated carbocycles. The summed E-state index contributed by atoms with van der Waals surface area (Å²) in [6, 6.07) is 15.4. The fourth-order valence-electron chi connectivity index (χ4n) is 5.96. The summed E-state index contributed by atoms with van der Waals surface area (Å²) in [5, 5.41) is 0. The number of hydrogen-bond acceptors (Lipinski definition) is 3. The highest BCUT2D eigenvalue weighted by Crippen LogP contribution is 2.34. The zero-order valence-corrected chi connectivity index (χ0v) is 25.8. The van der Waals surface area contributed by atoms with Crippen LogP contribution in [0.15, 0.2) is 48.5 Å². The first-order valence-electron chi connectivity index (χ1n) is 16.6. The lowest BCUT2D eigenvalue weighted by molar-refractivity contribution is 0.0734. The first-order chi connectivity index (χ1) is 19.6. The van der Waals surface area contributed by atoms with Gasteiger partial charge < -0.3 is 9.47 Å². The molecule has 3 heteroatoms. The predicted molar refractivity (Wildman–Crippen MR) is 168 cm³/mol. The van der Waals surface area contributed by atoms with Crippen molar-refractivity contribution in [3.8, 4) is 11.5 Å². The molecule has 40 heavy (non-hydrogen) atoms. The van der Waals surface area contributed by atoms with Gasteiger partial charge in [-0.05, 0) is 79.0 Å². The van der Waals surface area contributed by atoms with E-state index in [1.807, 2.05) is 24.3 Å². The zero-order valence-electron chi connectivity index (χ0n) is 25.8. The van der Waals surface area contributed by atoms with Crippen LogP contribution in [0.5, 0.6) is 11.5 Å². The second-order valence-corrected chi connectivity index (χ2v) is 12.4. The van der Waals surface area contributed by atoms with E-state index in [-0.39, 0.29) is 5.97 Å². The molecule has 0 spiro atoms. The SMILES string of the molecule is CCCCCCC[C@H]1CC[C@H](CCc2ccc(OC(=O)c3ccc(OCCCCC[C@@H](C)CC)cc3)cc2)CC1. The number of hydrogen-bond donors (Lipinski definition) is 0. The summed E-state index contributed by atoms with van der Waals surface area (Å²) in [7, 11) is 0. The first-order valence-corrected chi connectivity index (χ1v) is 16.6. The van der Waals surface area contributed by atoms with Crippen molar-refractivity contribution in [3.63, 3.8) is 0 Å². The smallest absolute Gasteiger partial charge is 0.343 e. The molecule has 3 rings (SSSR count). The van der Waals surface area contributed by atoms with E-state index in [9.17, 15) is 4.79 Å². The van der Waals surface area contributed by atoms with Crippen LogP contribution in [0.2, 0.25) is 0 Å². The Morgan fingerprint density at radius 3 is 2.05 bits per heavy atom. The van der Waals surface area contributed by atoms with Crippen LogP contribution in [0.1, 0.15) is 139 Å². The van der Waals surface area contributed by atoms with Crippen LogP contribution in [0.3, 0.4) is 0 Å². The molecule has 222 valence electrons. The molecular weight excluding hydrogens is 492 g/mol. The quantitative estimate of drug-likeness (QED) is 0.0995. The van der Waals surface area contributed by atoms with Crippen LogP contribution in [0.4, 0.5) is 0 Å². The molecular formula is C37H56O3. The summed E-state index contributed by atoms with van der Waals surface area (Å²) >= 11 is 0. The predicted octanol–water partition coefficient (Wildman–Crippen LogP) is 11.0. The van der Waals surface area contributed by atoms with Gasteiger partial charge in [-0.1, -0.05) is 123 Å². The van der Waals surface area contributed by atoms with E-state index >= 15 is 0 Å². The van der Waals surface area contributed by atoms with Crippen molar-refractivity contribution in [1.82, 2.24) is 0 Å². The molecule has 1 aliphatic carbocycles. The minimum Gasteiger partial charge on any atom is -0.494 e. The van der Waals surface area contributed by atoms with E-state index in [0.29, 0.717) is 11.3 Å². The third-order valence-corrected chi connectivity index (χ3v) is 9.05. The summed E-state index contributed by atoms with van der Waals surface area (Å²) < 4.78 is 11.5. The third kappa shape index (κ3) is 12.5. The highest BCUT2D eigenvalue weighted by atomic mass is 16.5. The molecule has 0 aliphatic heterocycles. The minimum atomic E-state index is -0.327. The standard InChI is InChI=1S/C37H56O3/c1-4-6-7-8-11-14-31-15-17-32(18-16-31)19-20-33-21-25-36(26-22-33)40-37(38)34-23-27-35(28-24-34)39-29-12-9-10-13-30(3)5-2/h21-28,30-32H,4-20,29H2,1-3H3/t30-,31-,32-/m0/s1. The maximum Gasteiger partial charge on any atom is 0.343 e. The van der Waals surface area contributed by atoms with Crippen LogP contribution < -0.4 is 9.47 Å². The number of unbranched alkanes of at least 4 members (excludes halogenated alkanes) is 6. The van der Waals surface area contributed by atoms with Gasteiger partial charge in [0.1, 0.15) is 11.5 Å². The topological polar surface area (TPSA) is 35.5 Å². The van der Waals surface area contributed by atoms with E-state index in [2.05, 4.69) is 32.9 Å². The molecule has 0 aromatic heterocycles. The lowest BCUT2D eigenvalue weighted by Gasteiger charge is -2.28. The van der Waals surface area contributed by atoms with Crippen LogP contribution in [0.25, 0.3) is 0 Å². The van der Waals surface area contributed by atoms with Crippen molar-refractivity contribution in [2.45, 2.75) is 130 Å². The van der Waals surface area contributed by atoms with E-state index in [4.69, 9.17) is 9.47 Å². The van der Waals surface area contributed by atoms with Crippen LogP contribution >= 0.6 is 0 Å². The van der Waals surface area contributed by atoms with Crippen LogP contribution in [-0.2, 0) is 6.42 Å². The number of carbonyl (C=O) groups is 1. The number of rotatable bonds is 19. The molecule has 0 N–H and O–H groups in total. The van der Waals surface area contributed by atoms with Crippen molar-refractivity contribution < 1.29 is 14.3 Å². The molecule has 1 aliphatic rings. The normalized spacial score (nSPS) is 17.9. The summed E-state index contributed by atoms with van der Waals surface area (Å²) in [5.74, 6) is 3.75. The molecule has 0 bridgehead atoms. The van der Waals surface area contributed by atoms with Crippen molar-refractivity contribution in [1.29, 1.82) is 0 Å². The Balaban J connectivity index is 1.30. The van der Waals surface area contributed by atoms with Gasteiger partial charge in [0.15, 0.2) is 0 Å². The summed E-state index contributed by atoms with van der Waals surface area (Å²) in [4.78, 5) is 12.6. The van der Waals surface area contributed by atoms with Crippen molar-refractivity contribution in [3.05, 3.63) is 59.7 Å². The molecule has 0 radical (unpaired) electrons. The first kappa shape index (κ1) is 32.2. The van der Waals surface area contributed by atoms with Gasteiger partial charge in [0.25, 0.3) is 0 Å². The number of benzene rings is 2. The van der Waals surface area contributed by atoms with Gasteiger partial charge >= 0.3 is 5.97 Å². The Bertz CT molecular complexity index is 925. The Kier molecular flexibility index (Phi) is 15.3. The highest BCUT2D eigenvalue weighted by Gasteiger charge is 2.20. The van der Waals surface area contributed by atoms with Gasteiger partial charge in [0.2, 0.25) is 0 Å². The molecule has 0 saturated heterocycles. The largest absolute Gasteiger partial charge is 0.494 e. The molecule has 0 unspecified atom stereocenters. The van der Waals surface area contributed by atoms with Gasteiger partial charge in [-0.3, -0.25) is 0 Å². The molecule has 0 amide bonds. The Morgan fingerprint density at radius 2 is 1.38 bits per heavy atom. The van der Waals surface area contributed by atoms with Gasteiger partial charge in [-0.25, -0.2) is 4.79 Å². The summed E-state index contributed by atoms with van der Waals surface area (Å²) in [6.07, 6.45) is 22.6. The van der Waals surface area contributed by atoms with E-state index in [0.717, 1.165) is 43.0 Å². The highest BCUT2D eigenvalue weighted by molar-refractivity contribution is 5.91. The Hall–Kier alpha value is -2.29. The average Bonchev–Trinajstić information content (AvgIpc) is 2.99. The van der Waals surface area contributed by atoms with Gasteiger partial charge in [0.05, 0.1) is 12.2 Å². The number of aryl methyl sites for hydroxylation is 1. The zero-order chi connectivity index (χ0) is 28.4. The molecule has 3 nitrogen and oxygen atoms in total. The molecule has 1 atom stereocenters. The van der Waals surface area contributed by atoms with Crippen LogP contribution in [0, 0.1) is 17.8 Å². The maximum absolute atomic E-state index is 12.6. The Morgan fingerprint density at radius 1 is 0.750 bits per heavy atom. The number of carbonyl (C=O) groups excluding carboxylic acids is 1. The Labute approximate surface area is 245 Å². The van der Waals surface area contributed by atoms with Gasteiger partial charge in [-0.15, -0.1) is 0 Å². The lowest BCUT2D eigenvalue weighted by atomic mass is 9.78. The van der Waals surface area contributed by atoms with E-state index in [1.165, 1.54) is 102 Å². The molecule has 2 aromatic carbocycles.